The second-order valence-electron chi connectivity index (χ2n) is 14.3. The molecule has 0 saturated carbocycles. The molecule has 0 amide bonds. The average molecular weight is 735 g/mol. The number of hydrogen-bond acceptors (Lipinski definition) is 2. The second-order valence-corrected chi connectivity index (χ2v) is 14.3. The van der Waals surface area contributed by atoms with E-state index in [0.717, 1.165) is 33.9 Å². The van der Waals surface area contributed by atoms with Crippen LogP contribution in [0.4, 0.5) is 22.7 Å². The molecule has 2 heteroatoms. The lowest BCUT2D eigenvalue weighted by Crippen LogP contribution is -2.28. The van der Waals surface area contributed by atoms with Gasteiger partial charge >= 0.3 is 0 Å². The minimum atomic E-state index is -0.112. The molecular weight excluding hydrogens is 689 g/mol. The van der Waals surface area contributed by atoms with Crippen LogP contribution in [-0.2, 0) is 6.54 Å². The Morgan fingerprint density at radius 2 is 0.719 bits per heavy atom. The van der Waals surface area contributed by atoms with Crippen molar-refractivity contribution >= 4 is 47.1 Å². The zero-order valence-electron chi connectivity index (χ0n) is 32.3. The van der Waals surface area contributed by atoms with Gasteiger partial charge in [0, 0.05) is 29.3 Å². The summed E-state index contributed by atoms with van der Waals surface area (Å²) in [4.78, 5) is 4.94. The maximum atomic E-state index is 2.51. The molecule has 0 aliphatic heterocycles. The Labute approximate surface area is 338 Å². The summed E-state index contributed by atoms with van der Waals surface area (Å²) in [6.07, 6.45) is 8.70. The normalized spacial score (nSPS) is 11.8. The quantitative estimate of drug-likeness (QED) is 0.109. The number of para-hydroxylation sites is 2. The molecule has 0 fully saturated rings. The van der Waals surface area contributed by atoms with Crippen molar-refractivity contribution in [2.24, 2.45) is 0 Å². The second kappa shape index (κ2) is 18.0. The molecule has 57 heavy (non-hydrogen) atoms. The summed E-state index contributed by atoms with van der Waals surface area (Å²) in [5.41, 5.74) is 14.3. The summed E-state index contributed by atoms with van der Waals surface area (Å²) in [5, 5.41) is 0. The van der Waals surface area contributed by atoms with Gasteiger partial charge in [0.05, 0.1) is 6.04 Å². The summed E-state index contributed by atoms with van der Waals surface area (Å²) in [5.74, 6) is 0. The molecule has 0 N–H and O–H groups in total. The molecule has 8 aromatic carbocycles. The molecule has 0 aliphatic rings. The van der Waals surface area contributed by atoms with E-state index in [9.17, 15) is 0 Å². The Bertz CT molecular complexity index is 2520. The maximum absolute atomic E-state index is 2.51. The lowest BCUT2D eigenvalue weighted by atomic mass is 9.89. The van der Waals surface area contributed by atoms with E-state index in [1.807, 2.05) is 6.07 Å². The predicted molar refractivity (Wildman–Crippen MR) is 244 cm³/mol. The smallest absolute Gasteiger partial charge is 0.0850 e. The number of aryl methyl sites for hydroxylation is 1. The van der Waals surface area contributed by atoms with Crippen molar-refractivity contribution in [2.75, 3.05) is 9.80 Å². The van der Waals surface area contributed by atoms with E-state index < -0.39 is 0 Å². The third kappa shape index (κ3) is 9.05. The van der Waals surface area contributed by atoms with Crippen LogP contribution in [0.3, 0.4) is 0 Å². The van der Waals surface area contributed by atoms with Crippen molar-refractivity contribution in [1.29, 1.82) is 0 Å². The van der Waals surface area contributed by atoms with E-state index in [1.165, 1.54) is 33.4 Å². The summed E-state index contributed by atoms with van der Waals surface area (Å²) >= 11 is 0. The van der Waals surface area contributed by atoms with Gasteiger partial charge in [0.2, 0.25) is 0 Å². The van der Waals surface area contributed by atoms with Crippen LogP contribution in [0.2, 0.25) is 0 Å². The van der Waals surface area contributed by atoms with E-state index in [0.29, 0.717) is 6.54 Å². The standard InChI is InChI=1S/C55H46N2/c1-43-18-14-16-28-53(43)55(57(51-26-12-5-13-27-51)52-40-36-47(37-41-52)33-31-45-21-8-3-9-22-45)54-29-17-15-23-48(54)42-56(49-24-10-4-11-25-49)50-38-34-46(35-39-50)32-30-44-19-6-2-7-20-44/h2-41,55H,42H2,1H3/b32-30+,33-31+. The van der Waals surface area contributed by atoms with Gasteiger partial charge in [-0.05, 0) is 100.0 Å². The molecule has 0 aromatic heterocycles. The van der Waals surface area contributed by atoms with Crippen molar-refractivity contribution in [1.82, 2.24) is 0 Å². The van der Waals surface area contributed by atoms with Crippen LogP contribution in [0, 0.1) is 6.92 Å². The summed E-state index contributed by atoms with van der Waals surface area (Å²) in [6, 6.07) is 78.0. The van der Waals surface area contributed by atoms with Crippen LogP contribution >= 0.6 is 0 Å². The van der Waals surface area contributed by atoms with E-state index >= 15 is 0 Å². The highest BCUT2D eigenvalue weighted by Gasteiger charge is 2.28. The molecule has 0 saturated heterocycles. The van der Waals surface area contributed by atoms with E-state index in [2.05, 4.69) is 253 Å². The Morgan fingerprint density at radius 1 is 0.351 bits per heavy atom. The van der Waals surface area contributed by atoms with Gasteiger partial charge in [0.15, 0.2) is 0 Å². The van der Waals surface area contributed by atoms with Gasteiger partial charge < -0.3 is 9.80 Å². The van der Waals surface area contributed by atoms with Gasteiger partial charge in [0.1, 0.15) is 0 Å². The van der Waals surface area contributed by atoms with Crippen LogP contribution in [0.15, 0.2) is 218 Å². The van der Waals surface area contributed by atoms with Crippen molar-refractivity contribution in [3.05, 3.63) is 263 Å². The molecule has 1 unspecified atom stereocenters. The van der Waals surface area contributed by atoms with Gasteiger partial charge in [-0.25, -0.2) is 0 Å². The first-order chi connectivity index (χ1) is 28.2. The van der Waals surface area contributed by atoms with Crippen LogP contribution < -0.4 is 9.80 Å². The van der Waals surface area contributed by atoms with Gasteiger partial charge in [-0.1, -0.05) is 194 Å². The largest absolute Gasteiger partial charge is 0.337 e. The average Bonchev–Trinajstić information content (AvgIpc) is 3.28. The van der Waals surface area contributed by atoms with E-state index in [1.54, 1.807) is 0 Å². The van der Waals surface area contributed by atoms with Crippen LogP contribution in [-0.4, -0.2) is 0 Å². The maximum Gasteiger partial charge on any atom is 0.0850 e. The van der Waals surface area contributed by atoms with Gasteiger partial charge in [-0.3, -0.25) is 0 Å². The molecule has 0 bridgehead atoms. The number of benzene rings is 8. The van der Waals surface area contributed by atoms with Crippen molar-refractivity contribution < 1.29 is 0 Å². The molecular formula is C55H46N2. The number of anilines is 4. The molecule has 0 spiro atoms. The highest BCUT2D eigenvalue weighted by atomic mass is 15.2. The first-order valence-electron chi connectivity index (χ1n) is 19.7. The number of nitrogens with zero attached hydrogens (tertiary/aromatic N) is 2. The fraction of sp³-hybridized carbons (Fsp3) is 0.0545. The summed E-state index contributed by atoms with van der Waals surface area (Å²) in [6.45, 7) is 2.92. The monoisotopic (exact) mass is 734 g/mol. The minimum absolute atomic E-state index is 0.112. The van der Waals surface area contributed by atoms with Crippen LogP contribution in [0.1, 0.15) is 50.5 Å². The van der Waals surface area contributed by atoms with Gasteiger partial charge in [0.25, 0.3) is 0 Å². The number of rotatable bonds is 13. The van der Waals surface area contributed by atoms with Crippen LogP contribution in [0.25, 0.3) is 24.3 Å². The zero-order valence-corrected chi connectivity index (χ0v) is 32.3. The first-order valence-corrected chi connectivity index (χ1v) is 19.7. The Morgan fingerprint density at radius 3 is 1.25 bits per heavy atom. The molecule has 0 aliphatic carbocycles. The lowest BCUT2D eigenvalue weighted by molar-refractivity contribution is 0.792. The lowest BCUT2D eigenvalue weighted by Gasteiger charge is -2.37. The fourth-order valence-electron chi connectivity index (χ4n) is 7.45. The van der Waals surface area contributed by atoms with E-state index in [4.69, 9.17) is 0 Å². The Balaban J connectivity index is 1.20. The third-order valence-corrected chi connectivity index (χ3v) is 10.4. The molecule has 2 nitrogen and oxygen atoms in total. The van der Waals surface area contributed by atoms with Crippen LogP contribution in [0.5, 0.6) is 0 Å². The molecule has 0 heterocycles. The Kier molecular flexibility index (Phi) is 11.6. The molecule has 8 aromatic rings. The molecule has 0 radical (unpaired) electrons. The fourth-order valence-corrected chi connectivity index (χ4v) is 7.45. The molecule has 8 rings (SSSR count). The Hall–Kier alpha value is -7.16. The van der Waals surface area contributed by atoms with Crippen molar-refractivity contribution in [3.8, 4) is 0 Å². The van der Waals surface area contributed by atoms with Gasteiger partial charge in [-0.2, -0.15) is 0 Å². The predicted octanol–water partition coefficient (Wildman–Crippen LogP) is 14.6. The summed E-state index contributed by atoms with van der Waals surface area (Å²) < 4.78 is 0. The van der Waals surface area contributed by atoms with Crippen molar-refractivity contribution in [2.45, 2.75) is 19.5 Å². The van der Waals surface area contributed by atoms with Gasteiger partial charge in [-0.15, -0.1) is 0 Å². The SMILES string of the molecule is Cc1ccccc1C(c1ccccc1CN(c1ccccc1)c1ccc(/C=C/c2ccccc2)cc1)N(c1ccccc1)c1ccc(/C=C/c2ccccc2)cc1. The third-order valence-electron chi connectivity index (χ3n) is 10.4. The molecule has 276 valence electrons. The first kappa shape index (κ1) is 36.8. The minimum Gasteiger partial charge on any atom is -0.337 e. The topological polar surface area (TPSA) is 6.48 Å². The highest BCUT2D eigenvalue weighted by molar-refractivity contribution is 5.74. The zero-order chi connectivity index (χ0) is 38.7. The van der Waals surface area contributed by atoms with E-state index in [-0.39, 0.29) is 6.04 Å². The molecule has 1 atom stereocenters. The van der Waals surface area contributed by atoms with Crippen molar-refractivity contribution in [3.63, 3.8) is 0 Å². The highest BCUT2D eigenvalue weighted by Crippen LogP contribution is 2.42. The summed E-state index contributed by atoms with van der Waals surface area (Å²) in [7, 11) is 0. The number of hydrogen-bond donors (Lipinski definition) is 0.